The van der Waals surface area contributed by atoms with E-state index in [9.17, 15) is 40.7 Å². The van der Waals surface area contributed by atoms with Gasteiger partial charge in [0, 0.05) is 13.1 Å². The third kappa shape index (κ3) is 8.76. The maximum Gasteiger partial charge on any atom is 0.471 e. The fraction of sp³-hybridized carbons (Fsp3) is 0.769. The summed E-state index contributed by atoms with van der Waals surface area (Å²) in [6.45, 7) is 3.98. The van der Waals surface area contributed by atoms with Crippen LogP contribution in [-0.2, 0) is 14.3 Å². The second-order valence-corrected chi connectivity index (χ2v) is 6.07. The molecule has 0 spiro atoms. The quantitative estimate of drug-likeness (QED) is 0.550. The third-order valence-electron chi connectivity index (χ3n) is 2.59. The summed E-state index contributed by atoms with van der Waals surface area (Å²) >= 11 is 0. The van der Waals surface area contributed by atoms with E-state index in [0.29, 0.717) is 4.90 Å². The van der Waals surface area contributed by atoms with E-state index in [1.807, 2.05) is 0 Å². The lowest BCUT2D eigenvalue weighted by atomic mass is 10.2. The Kier molecular flexibility index (Phi) is 7.73. The highest BCUT2D eigenvalue weighted by atomic mass is 19.4. The molecule has 0 rings (SSSR count). The number of amides is 3. The number of nitrogens with zero attached hydrogens (tertiary/aromatic N) is 1. The second-order valence-electron chi connectivity index (χ2n) is 6.07. The molecule has 1 unspecified atom stereocenters. The standard InChI is InChI=1S/C13H19F6N3O4/c1-7(21-9(24)13(17,18)19)22(10(25)26-11(2,3)4)6-5-20-8(23)12(14,15)16/h7H,5-6H2,1-4H3,(H,20,23)(H,21,24). The van der Waals surface area contributed by atoms with Crippen LogP contribution in [0.1, 0.15) is 27.7 Å². The van der Waals surface area contributed by atoms with Crippen LogP contribution in [0.25, 0.3) is 0 Å². The number of carbonyl (C=O) groups is 3. The second kappa shape index (κ2) is 8.45. The Bertz CT molecular complexity index is 527. The first-order valence-electron chi connectivity index (χ1n) is 7.17. The molecule has 0 heterocycles. The van der Waals surface area contributed by atoms with E-state index in [1.165, 1.54) is 31.4 Å². The molecule has 0 bridgehead atoms. The van der Waals surface area contributed by atoms with Crippen molar-refractivity contribution in [3.63, 3.8) is 0 Å². The zero-order chi connectivity index (χ0) is 20.9. The highest BCUT2D eigenvalue weighted by molar-refractivity contribution is 5.82. The fourth-order valence-electron chi connectivity index (χ4n) is 1.50. The highest BCUT2D eigenvalue weighted by Crippen LogP contribution is 2.17. The van der Waals surface area contributed by atoms with Crippen molar-refractivity contribution in [2.24, 2.45) is 0 Å². The van der Waals surface area contributed by atoms with Crippen molar-refractivity contribution in [2.45, 2.75) is 51.8 Å². The van der Waals surface area contributed by atoms with Gasteiger partial charge in [0.1, 0.15) is 11.8 Å². The van der Waals surface area contributed by atoms with Crippen LogP contribution in [0, 0.1) is 0 Å². The van der Waals surface area contributed by atoms with Crippen LogP contribution < -0.4 is 10.6 Å². The van der Waals surface area contributed by atoms with Crippen molar-refractivity contribution in [3.8, 4) is 0 Å². The minimum atomic E-state index is -5.22. The van der Waals surface area contributed by atoms with E-state index in [2.05, 4.69) is 0 Å². The lowest BCUT2D eigenvalue weighted by Gasteiger charge is -2.32. The average molecular weight is 395 g/mol. The van der Waals surface area contributed by atoms with Crippen LogP contribution in [0.4, 0.5) is 31.1 Å². The molecule has 0 aromatic carbocycles. The lowest BCUT2D eigenvalue weighted by Crippen LogP contribution is -2.55. The average Bonchev–Trinajstić information content (AvgIpc) is 2.38. The zero-order valence-corrected chi connectivity index (χ0v) is 14.3. The molecule has 0 aliphatic rings. The van der Waals surface area contributed by atoms with Gasteiger partial charge >= 0.3 is 30.3 Å². The highest BCUT2D eigenvalue weighted by Gasteiger charge is 2.41. The summed E-state index contributed by atoms with van der Waals surface area (Å²) in [5.41, 5.74) is -1.06. The molecule has 0 saturated carbocycles. The van der Waals surface area contributed by atoms with Gasteiger partial charge in [-0.25, -0.2) is 4.79 Å². The van der Waals surface area contributed by atoms with Crippen molar-refractivity contribution >= 4 is 17.9 Å². The van der Waals surface area contributed by atoms with Gasteiger partial charge in [0.25, 0.3) is 0 Å². The molecule has 152 valence electrons. The Labute approximate surface area is 145 Å². The van der Waals surface area contributed by atoms with Crippen LogP contribution >= 0.6 is 0 Å². The number of alkyl halides is 6. The molecule has 1 atom stereocenters. The normalized spacial score (nSPS) is 13.6. The van der Waals surface area contributed by atoms with E-state index >= 15 is 0 Å². The lowest BCUT2D eigenvalue weighted by molar-refractivity contribution is -0.175. The predicted molar refractivity (Wildman–Crippen MR) is 75.7 cm³/mol. The van der Waals surface area contributed by atoms with Gasteiger partial charge in [0.15, 0.2) is 0 Å². The summed E-state index contributed by atoms with van der Waals surface area (Å²) in [5, 5.41) is 2.94. The first-order valence-corrected chi connectivity index (χ1v) is 7.17. The van der Waals surface area contributed by atoms with Gasteiger partial charge in [-0.2, -0.15) is 26.3 Å². The van der Waals surface area contributed by atoms with E-state index in [0.717, 1.165) is 6.92 Å². The molecule has 0 aliphatic carbocycles. The Morgan fingerprint density at radius 3 is 1.81 bits per heavy atom. The fourth-order valence-corrected chi connectivity index (χ4v) is 1.50. The van der Waals surface area contributed by atoms with Crippen LogP contribution in [0.2, 0.25) is 0 Å². The maximum atomic E-state index is 12.3. The van der Waals surface area contributed by atoms with Crippen molar-refractivity contribution < 1.29 is 45.5 Å². The van der Waals surface area contributed by atoms with Crippen molar-refractivity contribution in [2.75, 3.05) is 13.1 Å². The molecular formula is C13H19F6N3O4. The number of ether oxygens (including phenoxy) is 1. The van der Waals surface area contributed by atoms with E-state index in [1.54, 1.807) is 0 Å². The summed E-state index contributed by atoms with van der Waals surface area (Å²) in [6, 6.07) is 0. The Morgan fingerprint density at radius 2 is 1.42 bits per heavy atom. The minimum Gasteiger partial charge on any atom is -0.444 e. The molecule has 0 aliphatic heterocycles. The van der Waals surface area contributed by atoms with Crippen LogP contribution in [0.3, 0.4) is 0 Å². The van der Waals surface area contributed by atoms with Gasteiger partial charge in [-0.3, -0.25) is 14.5 Å². The molecule has 13 heteroatoms. The number of hydrogen-bond donors (Lipinski definition) is 2. The summed E-state index contributed by atoms with van der Waals surface area (Å²) < 4.78 is 78.2. The maximum absolute atomic E-state index is 12.3. The Morgan fingerprint density at radius 1 is 0.962 bits per heavy atom. The van der Waals surface area contributed by atoms with Crippen LogP contribution in [-0.4, -0.2) is 60.0 Å². The molecule has 0 aromatic heterocycles. The summed E-state index contributed by atoms with van der Waals surface area (Å²) in [4.78, 5) is 34.3. The van der Waals surface area contributed by atoms with Crippen LogP contribution in [0.5, 0.6) is 0 Å². The third-order valence-corrected chi connectivity index (χ3v) is 2.59. The zero-order valence-electron chi connectivity index (χ0n) is 14.3. The SMILES string of the molecule is CC(NC(=O)C(F)(F)F)N(CCNC(=O)C(F)(F)F)C(=O)OC(C)(C)C. The molecular weight excluding hydrogens is 376 g/mol. The first-order chi connectivity index (χ1) is 11.4. The largest absolute Gasteiger partial charge is 0.471 e. The van der Waals surface area contributed by atoms with Crippen molar-refractivity contribution in [1.29, 1.82) is 0 Å². The molecule has 26 heavy (non-hydrogen) atoms. The number of nitrogens with one attached hydrogen (secondary N) is 2. The van der Waals surface area contributed by atoms with Gasteiger partial charge in [-0.1, -0.05) is 0 Å². The number of carbonyl (C=O) groups excluding carboxylic acids is 3. The molecule has 0 fully saturated rings. The number of hydrogen-bond acceptors (Lipinski definition) is 4. The summed E-state index contributed by atoms with van der Waals surface area (Å²) in [6.07, 6.45) is -13.1. The topological polar surface area (TPSA) is 87.7 Å². The molecule has 0 radical (unpaired) electrons. The number of halogens is 6. The van der Waals surface area contributed by atoms with Gasteiger partial charge in [0.05, 0.1) is 0 Å². The van der Waals surface area contributed by atoms with Crippen molar-refractivity contribution in [1.82, 2.24) is 15.5 Å². The summed E-state index contributed by atoms with van der Waals surface area (Å²) in [5.74, 6) is -4.63. The first kappa shape index (κ1) is 23.8. The molecule has 7 nitrogen and oxygen atoms in total. The smallest absolute Gasteiger partial charge is 0.444 e. The van der Waals surface area contributed by atoms with E-state index < -0.39 is 55.1 Å². The molecule has 0 saturated heterocycles. The van der Waals surface area contributed by atoms with Gasteiger partial charge in [-0.05, 0) is 27.7 Å². The van der Waals surface area contributed by atoms with Crippen LogP contribution in [0.15, 0.2) is 0 Å². The Hall–Kier alpha value is -2.21. The van der Waals surface area contributed by atoms with Gasteiger partial charge < -0.3 is 15.4 Å². The van der Waals surface area contributed by atoms with Crippen molar-refractivity contribution in [3.05, 3.63) is 0 Å². The van der Waals surface area contributed by atoms with E-state index in [-0.39, 0.29) is 0 Å². The minimum absolute atomic E-state index is 0.547. The van der Waals surface area contributed by atoms with Gasteiger partial charge in [-0.15, -0.1) is 0 Å². The Balaban J connectivity index is 5.09. The molecule has 0 aromatic rings. The van der Waals surface area contributed by atoms with E-state index in [4.69, 9.17) is 4.74 Å². The predicted octanol–water partition coefficient (Wildman–Crippen LogP) is 1.93. The molecule has 3 amide bonds. The molecule has 2 N–H and O–H groups in total. The monoisotopic (exact) mass is 395 g/mol. The summed E-state index contributed by atoms with van der Waals surface area (Å²) in [7, 11) is 0. The van der Waals surface area contributed by atoms with Gasteiger partial charge in [0.2, 0.25) is 0 Å². The number of rotatable bonds is 5.